The molecule has 23 heavy (non-hydrogen) atoms. The quantitative estimate of drug-likeness (QED) is 0.429. The Balaban J connectivity index is 0.00000144. The molecule has 0 saturated carbocycles. The van der Waals surface area contributed by atoms with Crippen molar-refractivity contribution in [2.24, 2.45) is 5.90 Å². The van der Waals surface area contributed by atoms with E-state index in [1.807, 2.05) is 0 Å². The van der Waals surface area contributed by atoms with Gasteiger partial charge in [-0.3, -0.25) is 9.59 Å². The third-order valence-corrected chi connectivity index (χ3v) is 5.06. The molecular weight excluding hydrogens is 397 g/mol. The van der Waals surface area contributed by atoms with Gasteiger partial charge in [0.15, 0.2) is 11.6 Å². The number of carbonyl (C=O) groups is 2. The van der Waals surface area contributed by atoms with Gasteiger partial charge < -0.3 is 1.43 Å². The second-order valence-corrected chi connectivity index (χ2v) is 7.01. The van der Waals surface area contributed by atoms with Gasteiger partial charge in [0.1, 0.15) is 0 Å². The van der Waals surface area contributed by atoms with Gasteiger partial charge in [0.05, 0.1) is 4.90 Å². The Bertz CT molecular complexity index is 948. The van der Waals surface area contributed by atoms with E-state index >= 15 is 0 Å². The van der Waals surface area contributed by atoms with Crippen LogP contribution in [0.15, 0.2) is 45.8 Å². The largest absolute Gasteiger partial charge is 1.00 e. The molecular formula is C14H9BrNNaO5S. The average Bonchev–Trinajstić information content (AvgIpc) is 2.52. The van der Waals surface area contributed by atoms with Gasteiger partial charge in [-0.1, -0.05) is 24.3 Å². The van der Waals surface area contributed by atoms with Crippen LogP contribution >= 0.6 is 15.9 Å². The summed E-state index contributed by atoms with van der Waals surface area (Å²) < 4.78 is 27.6. The van der Waals surface area contributed by atoms with E-state index in [9.17, 15) is 18.0 Å². The Labute approximate surface area is 164 Å². The van der Waals surface area contributed by atoms with Crippen molar-refractivity contribution in [1.82, 2.24) is 0 Å². The van der Waals surface area contributed by atoms with Crippen LogP contribution < -0.4 is 35.5 Å². The zero-order valence-electron chi connectivity index (χ0n) is 12.9. The number of ketones is 2. The molecule has 1 aliphatic carbocycles. The van der Waals surface area contributed by atoms with E-state index in [2.05, 4.69) is 20.2 Å². The molecule has 9 heteroatoms. The fourth-order valence-corrected chi connectivity index (χ4v) is 3.78. The molecule has 0 bridgehead atoms. The summed E-state index contributed by atoms with van der Waals surface area (Å²) in [6.45, 7) is 0. The van der Waals surface area contributed by atoms with Crippen LogP contribution in [-0.2, 0) is 14.4 Å². The molecule has 2 aromatic rings. The summed E-state index contributed by atoms with van der Waals surface area (Å²) in [4.78, 5) is 24.7. The van der Waals surface area contributed by atoms with Crippen molar-refractivity contribution >= 4 is 37.6 Å². The molecule has 114 valence electrons. The zero-order valence-corrected chi connectivity index (χ0v) is 16.3. The molecule has 0 spiro atoms. The van der Waals surface area contributed by atoms with Crippen LogP contribution in [0.5, 0.6) is 0 Å². The molecule has 0 heterocycles. The van der Waals surface area contributed by atoms with E-state index in [1.165, 1.54) is 12.1 Å². The molecule has 0 atom stereocenters. The molecule has 0 saturated heterocycles. The summed E-state index contributed by atoms with van der Waals surface area (Å²) >= 11 is 3.14. The van der Waals surface area contributed by atoms with Crippen LogP contribution in [0.4, 0.5) is 0 Å². The Kier molecular flexibility index (Phi) is 5.27. The Morgan fingerprint density at radius 3 is 2.13 bits per heavy atom. The second kappa shape index (κ2) is 6.56. The SMILES string of the molecule is NOS(=O)(=O)c1cc(Br)c2c(c1)C(=O)c1ccccc1C2=O.[H-].[Na+]. The maximum Gasteiger partial charge on any atom is 1.00 e. The summed E-state index contributed by atoms with van der Waals surface area (Å²) in [5.74, 6) is 3.97. The summed E-state index contributed by atoms with van der Waals surface area (Å²) in [7, 11) is -4.19. The maximum atomic E-state index is 12.5. The van der Waals surface area contributed by atoms with Gasteiger partial charge in [-0.2, -0.15) is 18.6 Å². The summed E-state index contributed by atoms with van der Waals surface area (Å²) in [5, 5.41) is 0. The van der Waals surface area contributed by atoms with Gasteiger partial charge in [0.25, 0.3) is 0 Å². The molecule has 3 rings (SSSR count). The number of benzene rings is 2. The van der Waals surface area contributed by atoms with Crippen molar-refractivity contribution < 1.29 is 53.3 Å². The first-order valence-corrected chi connectivity index (χ1v) is 8.22. The topological polar surface area (TPSA) is 104 Å². The van der Waals surface area contributed by atoms with Crippen molar-refractivity contribution in [1.29, 1.82) is 0 Å². The predicted octanol–water partition coefficient (Wildman–Crippen LogP) is -1.08. The molecule has 6 nitrogen and oxygen atoms in total. The molecule has 0 fully saturated rings. The Hall–Kier alpha value is -0.870. The van der Waals surface area contributed by atoms with Crippen molar-refractivity contribution in [3.05, 3.63) is 63.1 Å². The molecule has 0 aliphatic heterocycles. The van der Waals surface area contributed by atoms with E-state index in [0.29, 0.717) is 0 Å². The monoisotopic (exact) mass is 405 g/mol. The molecule has 0 amide bonds. The number of halogens is 1. The number of carbonyl (C=O) groups excluding carboxylic acids is 2. The van der Waals surface area contributed by atoms with Gasteiger partial charge >= 0.3 is 39.7 Å². The summed E-state index contributed by atoms with van der Waals surface area (Å²) in [6, 6.07) is 8.64. The molecule has 0 radical (unpaired) electrons. The van der Waals surface area contributed by atoms with Crippen molar-refractivity contribution in [2.75, 3.05) is 0 Å². The third kappa shape index (κ3) is 2.96. The van der Waals surface area contributed by atoms with Crippen molar-refractivity contribution in [2.45, 2.75) is 4.90 Å². The number of fused-ring (bicyclic) bond motifs is 2. The Morgan fingerprint density at radius 1 is 1.00 bits per heavy atom. The number of rotatable bonds is 2. The fourth-order valence-electron chi connectivity index (χ4n) is 2.35. The first kappa shape index (κ1) is 18.5. The third-order valence-electron chi connectivity index (χ3n) is 3.37. The molecule has 0 aromatic heterocycles. The van der Waals surface area contributed by atoms with E-state index in [-0.39, 0.29) is 68.4 Å². The minimum atomic E-state index is -4.19. The van der Waals surface area contributed by atoms with Gasteiger partial charge in [0.2, 0.25) is 0 Å². The smallest absolute Gasteiger partial charge is 1.00 e. The minimum Gasteiger partial charge on any atom is -1.00 e. The van der Waals surface area contributed by atoms with E-state index in [0.717, 1.165) is 6.07 Å². The van der Waals surface area contributed by atoms with Crippen LogP contribution in [-0.4, -0.2) is 20.0 Å². The minimum absolute atomic E-state index is 0. The van der Waals surface area contributed by atoms with Crippen LogP contribution in [0, 0.1) is 0 Å². The molecule has 2 N–H and O–H groups in total. The van der Waals surface area contributed by atoms with Crippen LogP contribution in [0.2, 0.25) is 0 Å². The predicted molar refractivity (Wildman–Crippen MR) is 81.0 cm³/mol. The van der Waals surface area contributed by atoms with Crippen LogP contribution in [0.3, 0.4) is 0 Å². The normalized spacial score (nSPS) is 13.1. The standard InChI is InChI=1S/C14H8BrNO5S.Na.H/c15-11-6-7(22(19,20)21-16)5-10-12(11)14(18)9-4-2-1-3-8(9)13(10)17;;/h1-6H,16H2;;/q;+1;-1. The van der Waals surface area contributed by atoms with E-state index < -0.39 is 15.9 Å². The van der Waals surface area contributed by atoms with Crippen LogP contribution in [0.25, 0.3) is 0 Å². The number of nitrogens with two attached hydrogens (primary N) is 1. The van der Waals surface area contributed by atoms with Gasteiger partial charge in [-0.15, -0.1) is 0 Å². The maximum absolute atomic E-state index is 12.5. The van der Waals surface area contributed by atoms with E-state index in [1.54, 1.807) is 18.2 Å². The fraction of sp³-hybridized carbons (Fsp3) is 0. The first-order valence-electron chi connectivity index (χ1n) is 6.02. The second-order valence-electron chi connectivity index (χ2n) is 4.58. The van der Waals surface area contributed by atoms with Gasteiger partial charge in [-0.25, -0.2) is 0 Å². The summed E-state index contributed by atoms with van der Waals surface area (Å²) in [6.07, 6.45) is 0. The Morgan fingerprint density at radius 2 is 1.57 bits per heavy atom. The zero-order chi connectivity index (χ0) is 16.1. The number of hydrogen-bond donors (Lipinski definition) is 1. The summed E-state index contributed by atoms with van der Waals surface area (Å²) in [5.41, 5.74) is 0.634. The first-order chi connectivity index (χ1) is 10.4. The van der Waals surface area contributed by atoms with Crippen molar-refractivity contribution in [3.8, 4) is 0 Å². The number of hydrogen-bond acceptors (Lipinski definition) is 6. The average molecular weight is 406 g/mol. The van der Waals surface area contributed by atoms with Crippen LogP contribution in [0.1, 0.15) is 33.3 Å². The molecule has 1 aliphatic rings. The van der Waals surface area contributed by atoms with E-state index in [4.69, 9.17) is 5.90 Å². The van der Waals surface area contributed by atoms with Gasteiger partial charge in [-0.05, 0) is 28.1 Å². The van der Waals surface area contributed by atoms with Crippen molar-refractivity contribution in [3.63, 3.8) is 0 Å². The molecule has 2 aromatic carbocycles. The molecule has 0 unspecified atom stereocenters. The van der Waals surface area contributed by atoms with Gasteiger partial charge in [0, 0.05) is 26.7 Å².